The van der Waals surface area contributed by atoms with Crippen LogP contribution < -0.4 is 15.4 Å². The lowest BCUT2D eigenvalue weighted by atomic mass is 10.1. The Morgan fingerprint density at radius 1 is 1.06 bits per heavy atom. The molecule has 0 spiro atoms. The third kappa shape index (κ3) is 6.37. The Hall–Kier alpha value is -3.44. The maximum Gasteiger partial charge on any atom is 0.573 e. The van der Waals surface area contributed by atoms with Crippen LogP contribution >= 0.6 is 11.3 Å². The lowest BCUT2D eigenvalue weighted by molar-refractivity contribution is -0.274. The van der Waals surface area contributed by atoms with Crippen molar-refractivity contribution in [3.63, 3.8) is 0 Å². The molecule has 2 heterocycles. The first-order valence-corrected chi connectivity index (χ1v) is 11.7. The van der Waals surface area contributed by atoms with Gasteiger partial charge in [0.2, 0.25) is 5.95 Å². The first-order valence-electron chi connectivity index (χ1n) is 10.9. The molecule has 1 atom stereocenters. The Balaban J connectivity index is 1.72. The van der Waals surface area contributed by atoms with Crippen LogP contribution in [-0.4, -0.2) is 39.1 Å². The lowest BCUT2D eigenvalue weighted by Gasteiger charge is -2.21. The first kappa shape index (κ1) is 24.7. The fourth-order valence-electron chi connectivity index (χ4n) is 3.43. The number of ether oxygens (including phenoxy) is 1. The number of rotatable bonds is 8. The van der Waals surface area contributed by atoms with Gasteiger partial charge in [-0.3, -0.25) is 0 Å². The highest BCUT2D eigenvalue weighted by Gasteiger charge is 2.31. The van der Waals surface area contributed by atoms with Crippen molar-refractivity contribution in [1.29, 1.82) is 0 Å². The predicted molar refractivity (Wildman–Crippen MR) is 131 cm³/mol. The summed E-state index contributed by atoms with van der Waals surface area (Å²) in [7, 11) is 0. The monoisotopic (exact) mass is 503 g/mol. The Morgan fingerprint density at radius 3 is 2.57 bits per heavy atom. The molecule has 7 nitrogen and oxygen atoms in total. The molecule has 0 aliphatic carbocycles. The van der Waals surface area contributed by atoms with E-state index in [0.717, 1.165) is 20.9 Å². The zero-order valence-corrected chi connectivity index (χ0v) is 20.0. The first-order chi connectivity index (χ1) is 16.6. The van der Waals surface area contributed by atoms with Crippen molar-refractivity contribution in [3.8, 4) is 17.0 Å². The van der Waals surface area contributed by atoms with Crippen molar-refractivity contribution in [3.05, 3.63) is 53.5 Å². The van der Waals surface area contributed by atoms with Crippen LogP contribution in [0.15, 0.2) is 48.5 Å². The molecule has 0 aliphatic heterocycles. The van der Waals surface area contributed by atoms with Crippen LogP contribution in [0.1, 0.15) is 18.9 Å². The molecule has 2 aromatic heterocycles. The van der Waals surface area contributed by atoms with Gasteiger partial charge in [0.15, 0.2) is 0 Å². The Labute approximate surface area is 204 Å². The molecule has 0 unspecified atom stereocenters. The van der Waals surface area contributed by atoms with Gasteiger partial charge in [-0.1, -0.05) is 26.0 Å². The minimum Gasteiger partial charge on any atom is -0.406 e. The van der Waals surface area contributed by atoms with Gasteiger partial charge in [-0.15, -0.1) is 24.5 Å². The van der Waals surface area contributed by atoms with Crippen molar-refractivity contribution in [2.75, 3.05) is 17.2 Å². The van der Waals surface area contributed by atoms with Crippen LogP contribution in [0.2, 0.25) is 0 Å². The van der Waals surface area contributed by atoms with Gasteiger partial charge in [0.25, 0.3) is 0 Å². The van der Waals surface area contributed by atoms with E-state index in [1.165, 1.54) is 18.2 Å². The molecular weight excluding hydrogens is 479 g/mol. The zero-order valence-electron chi connectivity index (χ0n) is 19.2. The predicted octanol–water partition coefficient (Wildman–Crippen LogP) is 6.13. The quantitative estimate of drug-likeness (QED) is 0.266. The molecule has 0 bridgehead atoms. The normalized spacial score (nSPS) is 12.7. The van der Waals surface area contributed by atoms with E-state index in [-0.39, 0.29) is 30.3 Å². The van der Waals surface area contributed by atoms with E-state index < -0.39 is 6.36 Å². The van der Waals surface area contributed by atoms with E-state index in [4.69, 9.17) is 0 Å². The van der Waals surface area contributed by atoms with E-state index >= 15 is 0 Å². The molecule has 0 saturated heterocycles. The van der Waals surface area contributed by atoms with Crippen molar-refractivity contribution >= 4 is 39.0 Å². The molecule has 4 aromatic rings. The Kier molecular flexibility index (Phi) is 7.08. The highest BCUT2D eigenvalue weighted by Crippen LogP contribution is 2.30. The standard InChI is InChI=1S/C24H24F3N5O2S/c1-13(2)20(12-33)31-23-30-18(15-5-4-6-17(9-15)34-24(25,26)27)11-22(32-23)29-16-7-8-21-19(10-16)28-14(3)35-21/h4-11,13,20,33H,12H2,1-3H3,(H2,29,30,31,32)/t20-/m1/s1. The highest BCUT2D eigenvalue weighted by molar-refractivity contribution is 7.18. The summed E-state index contributed by atoms with van der Waals surface area (Å²) >= 11 is 1.60. The highest BCUT2D eigenvalue weighted by atomic mass is 32.1. The number of benzene rings is 2. The minimum absolute atomic E-state index is 0.0856. The maximum absolute atomic E-state index is 12.7. The van der Waals surface area contributed by atoms with Gasteiger partial charge in [-0.25, -0.2) is 9.97 Å². The number of thiazole rings is 1. The summed E-state index contributed by atoms with van der Waals surface area (Å²) in [5.41, 5.74) is 2.39. The van der Waals surface area contributed by atoms with Crippen molar-refractivity contribution in [2.45, 2.75) is 33.2 Å². The molecule has 0 fully saturated rings. The van der Waals surface area contributed by atoms with Crippen LogP contribution in [0.5, 0.6) is 5.75 Å². The summed E-state index contributed by atoms with van der Waals surface area (Å²) in [4.78, 5) is 13.5. The van der Waals surface area contributed by atoms with E-state index in [1.54, 1.807) is 23.5 Å². The van der Waals surface area contributed by atoms with Crippen LogP contribution in [0.25, 0.3) is 21.5 Å². The second kappa shape index (κ2) is 10.0. The smallest absolute Gasteiger partial charge is 0.406 e. The van der Waals surface area contributed by atoms with Gasteiger partial charge in [0, 0.05) is 17.3 Å². The summed E-state index contributed by atoms with van der Waals surface area (Å²) < 4.78 is 43.3. The minimum atomic E-state index is -4.80. The number of nitrogens with zero attached hydrogens (tertiary/aromatic N) is 3. The number of hydrogen-bond donors (Lipinski definition) is 3. The molecule has 2 aromatic carbocycles. The van der Waals surface area contributed by atoms with E-state index in [0.29, 0.717) is 17.1 Å². The number of nitrogens with one attached hydrogen (secondary N) is 2. The van der Waals surface area contributed by atoms with Gasteiger partial charge >= 0.3 is 6.36 Å². The van der Waals surface area contributed by atoms with E-state index in [2.05, 4.69) is 30.3 Å². The summed E-state index contributed by atoms with van der Waals surface area (Å²) in [6.45, 7) is 5.69. The average Bonchev–Trinajstić information content (AvgIpc) is 3.15. The average molecular weight is 504 g/mol. The number of hydrogen-bond acceptors (Lipinski definition) is 8. The zero-order chi connectivity index (χ0) is 25.2. The molecular formula is C24H24F3N5O2S. The molecule has 0 saturated carbocycles. The Morgan fingerprint density at radius 2 is 1.86 bits per heavy atom. The fraction of sp³-hybridized carbons (Fsp3) is 0.292. The van der Waals surface area contributed by atoms with Gasteiger partial charge in [-0.05, 0) is 43.2 Å². The third-order valence-electron chi connectivity index (χ3n) is 5.17. The molecule has 3 N–H and O–H groups in total. The van der Waals surface area contributed by atoms with Gasteiger partial charge in [0.1, 0.15) is 11.6 Å². The van der Waals surface area contributed by atoms with E-state index in [9.17, 15) is 18.3 Å². The molecule has 0 radical (unpaired) electrons. The van der Waals surface area contributed by atoms with Gasteiger partial charge in [0.05, 0.1) is 33.6 Å². The molecule has 184 valence electrons. The summed E-state index contributed by atoms with van der Waals surface area (Å²) in [6, 6.07) is 12.7. The number of aromatic nitrogens is 3. The number of aryl methyl sites for hydroxylation is 1. The maximum atomic E-state index is 12.7. The number of aliphatic hydroxyl groups is 1. The van der Waals surface area contributed by atoms with Crippen LogP contribution in [-0.2, 0) is 0 Å². The van der Waals surface area contributed by atoms with Gasteiger partial charge in [-0.2, -0.15) is 4.98 Å². The second-order valence-electron chi connectivity index (χ2n) is 8.26. The van der Waals surface area contributed by atoms with Crippen LogP contribution in [0.4, 0.5) is 30.6 Å². The van der Waals surface area contributed by atoms with Crippen molar-refractivity contribution in [2.24, 2.45) is 5.92 Å². The van der Waals surface area contributed by atoms with Crippen LogP contribution in [0, 0.1) is 12.8 Å². The van der Waals surface area contributed by atoms with E-state index in [1.807, 2.05) is 39.0 Å². The van der Waals surface area contributed by atoms with Crippen LogP contribution in [0.3, 0.4) is 0 Å². The molecule has 4 rings (SSSR count). The number of fused-ring (bicyclic) bond motifs is 1. The Bertz CT molecular complexity index is 1330. The molecule has 35 heavy (non-hydrogen) atoms. The van der Waals surface area contributed by atoms with Crippen molar-refractivity contribution in [1.82, 2.24) is 15.0 Å². The molecule has 0 aliphatic rings. The molecule has 11 heteroatoms. The second-order valence-corrected chi connectivity index (χ2v) is 9.49. The topological polar surface area (TPSA) is 92.2 Å². The molecule has 0 amide bonds. The summed E-state index contributed by atoms with van der Waals surface area (Å²) in [5.74, 6) is 0.386. The largest absolute Gasteiger partial charge is 0.573 e. The van der Waals surface area contributed by atoms with Gasteiger partial charge < -0.3 is 20.5 Å². The number of alkyl halides is 3. The summed E-state index contributed by atoms with van der Waals surface area (Å²) in [6.07, 6.45) is -4.80. The third-order valence-corrected chi connectivity index (χ3v) is 6.12. The lowest BCUT2D eigenvalue weighted by Crippen LogP contribution is -2.30. The number of anilines is 3. The summed E-state index contributed by atoms with van der Waals surface area (Å²) in [5, 5.41) is 17.0. The van der Waals surface area contributed by atoms with Crippen molar-refractivity contribution < 1.29 is 23.0 Å². The number of halogens is 3. The SMILES string of the molecule is Cc1nc2cc(Nc3cc(-c4cccc(OC(F)(F)F)c4)nc(N[C@H](CO)C(C)C)n3)ccc2s1. The fourth-order valence-corrected chi connectivity index (χ4v) is 4.24. The number of aliphatic hydroxyl groups excluding tert-OH is 1.